The van der Waals surface area contributed by atoms with E-state index in [2.05, 4.69) is 9.84 Å². The summed E-state index contributed by atoms with van der Waals surface area (Å²) in [7, 11) is 0. The van der Waals surface area contributed by atoms with Crippen molar-refractivity contribution in [2.24, 2.45) is 0 Å². The zero-order valence-corrected chi connectivity index (χ0v) is 11.6. The van der Waals surface area contributed by atoms with Crippen molar-refractivity contribution in [3.63, 3.8) is 0 Å². The highest BCUT2D eigenvalue weighted by molar-refractivity contribution is 6.31. The van der Waals surface area contributed by atoms with Crippen LogP contribution in [0, 0.1) is 6.92 Å². The molecule has 0 aromatic carbocycles. The largest absolute Gasteiger partial charge is 0.462 e. The smallest absolute Gasteiger partial charge is 0.281 e. The van der Waals surface area contributed by atoms with Crippen molar-refractivity contribution in [2.45, 2.75) is 37.2 Å². The van der Waals surface area contributed by atoms with E-state index in [9.17, 15) is 48.3 Å². The quantitative estimate of drug-likeness (QED) is 0.733. The van der Waals surface area contributed by atoms with Crippen molar-refractivity contribution < 1.29 is 53.0 Å². The molecule has 1 N–H and O–H groups in total. The summed E-state index contributed by atoms with van der Waals surface area (Å²) in [5, 5.41) is 2.87. The first-order valence-electron chi connectivity index (χ1n) is 5.37. The van der Waals surface area contributed by atoms with Gasteiger partial charge in [-0.3, -0.25) is 9.84 Å². The highest BCUT2D eigenvalue weighted by Gasteiger charge is 2.79. The molecule has 0 aliphatic rings. The van der Waals surface area contributed by atoms with Crippen LogP contribution in [0.1, 0.15) is 11.4 Å². The van der Waals surface area contributed by atoms with Gasteiger partial charge in [0.25, 0.3) is 0 Å². The van der Waals surface area contributed by atoms with Crippen LogP contribution in [0.2, 0.25) is 5.02 Å². The van der Waals surface area contributed by atoms with Gasteiger partial charge in [0.1, 0.15) is 0 Å². The normalized spacial score (nSPS) is 17.0. The van der Waals surface area contributed by atoms with Gasteiger partial charge in [-0.25, -0.2) is 0 Å². The molecule has 1 aromatic heterocycles. The van der Waals surface area contributed by atoms with Crippen LogP contribution in [-0.2, 0) is 10.6 Å². The van der Waals surface area contributed by atoms with Crippen molar-refractivity contribution >= 4 is 11.6 Å². The Morgan fingerprint density at radius 1 is 0.875 bits per heavy atom. The Labute approximate surface area is 129 Å². The number of rotatable bonds is 4. The summed E-state index contributed by atoms with van der Waals surface area (Å²) < 4.78 is 142. The zero-order chi connectivity index (χ0) is 19.4. The second-order valence-corrected chi connectivity index (χ2v) is 4.67. The Balaban J connectivity index is 3.48. The molecule has 140 valence electrons. The molecule has 1 atom stereocenters. The maximum atomic E-state index is 14.0. The highest BCUT2D eigenvalue weighted by atomic mass is 35.5. The average Bonchev–Trinajstić information content (AvgIpc) is 2.66. The van der Waals surface area contributed by atoms with Crippen molar-refractivity contribution in [3.8, 4) is 0 Å². The fraction of sp³-hybridized carbons (Fsp3) is 0.667. The van der Waals surface area contributed by atoms with Crippen LogP contribution in [0.25, 0.3) is 0 Å². The van der Waals surface area contributed by atoms with Crippen molar-refractivity contribution in [1.82, 2.24) is 10.2 Å². The minimum Gasteiger partial charge on any atom is -0.281 e. The summed E-state index contributed by atoms with van der Waals surface area (Å²) >= 11 is 5.16. The molecule has 15 heteroatoms. The van der Waals surface area contributed by atoms with Crippen LogP contribution in [0.15, 0.2) is 0 Å². The fourth-order valence-electron chi connectivity index (χ4n) is 1.27. The van der Waals surface area contributed by atoms with E-state index in [1.807, 2.05) is 0 Å². The van der Waals surface area contributed by atoms with E-state index < -0.39 is 46.6 Å². The molecule has 3 nitrogen and oxygen atoms in total. The van der Waals surface area contributed by atoms with Gasteiger partial charge in [0, 0.05) is 0 Å². The van der Waals surface area contributed by atoms with Gasteiger partial charge in [0.2, 0.25) is 0 Å². The molecule has 0 saturated heterocycles. The third-order valence-electron chi connectivity index (χ3n) is 2.53. The molecule has 24 heavy (non-hydrogen) atoms. The van der Waals surface area contributed by atoms with E-state index in [0.29, 0.717) is 0 Å². The van der Waals surface area contributed by atoms with E-state index in [0.717, 1.165) is 6.92 Å². The SMILES string of the molecule is Cc1[nH]nc(C(F)(OC(F)(F)C(F)(F)C(F)(F)F)C(F)(F)F)c1Cl. The number of alkyl halides is 11. The molecular weight excluding hydrogens is 397 g/mol. The predicted octanol–water partition coefficient (Wildman–Crippen LogP) is 4.86. The monoisotopic (exact) mass is 400 g/mol. The lowest BCUT2D eigenvalue weighted by Crippen LogP contribution is -2.58. The molecule has 0 bridgehead atoms. The van der Waals surface area contributed by atoms with Crippen LogP contribution < -0.4 is 0 Å². The summed E-state index contributed by atoms with van der Waals surface area (Å²) in [5.41, 5.74) is -2.71. The maximum absolute atomic E-state index is 14.0. The van der Waals surface area contributed by atoms with E-state index in [1.54, 1.807) is 5.10 Å². The summed E-state index contributed by atoms with van der Waals surface area (Å²) in [6.45, 7) is 0.887. The topological polar surface area (TPSA) is 37.9 Å². The van der Waals surface area contributed by atoms with E-state index in [-0.39, 0.29) is 0 Å². The lowest BCUT2D eigenvalue weighted by molar-refractivity contribution is -0.488. The minimum atomic E-state index is -7.14. The molecule has 1 heterocycles. The van der Waals surface area contributed by atoms with Crippen LogP contribution in [0.4, 0.5) is 48.3 Å². The van der Waals surface area contributed by atoms with Crippen molar-refractivity contribution in [1.29, 1.82) is 0 Å². The summed E-state index contributed by atoms with van der Waals surface area (Å²) in [4.78, 5) is 0. The molecule has 0 aliphatic heterocycles. The van der Waals surface area contributed by atoms with Gasteiger partial charge in [-0.05, 0) is 6.92 Å². The van der Waals surface area contributed by atoms with Gasteiger partial charge in [0.05, 0.1) is 10.7 Å². The fourth-order valence-corrected chi connectivity index (χ4v) is 1.48. The number of ether oxygens (including phenoxy) is 1. The van der Waals surface area contributed by atoms with Gasteiger partial charge < -0.3 is 0 Å². The number of nitrogens with zero attached hydrogens (tertiary/aromatic N) is 1. The zero-order valence-electron chi connectivity index (χ0n) is 10.9. The Hall–Kier alpha value is -1.31. The second kappa shape index (κ2) is 5.61. The van der Waals surface area contributed by atoms with Gasteiger partial charge >= 0.3 is 30.2 Å². The van der Waals surface area contributed by atoms with Crippen molar-refractivity contribution in [3.05, 3.63) is 16.4 Å². The molecule has 0 fully saturated rings. The van der Waals surface area contributed by atoms with E-state index >= 15 is 0 Å². The number of halogens is 12. The Morgan fingerprint density at radius 3 is 1.62 bits per heavy atom. The predicted molar refractivity (Wildman–Crippen MR) is 54.2 cm³/mol. The number of aryl methyl sites for hydroxylation is 1. The number of hydrogen-bond acceptors (Lipinski definition) is 2. The third-order valence-corrected chi connectivity index (χ3v) is 2.99. The third kappa shape index (κ3) is 3.12. The Bertz CT molecular complexity index is 608. The van der Waals surface area contributed by atoms with Crippen LogP contribution in [-0.4, -0.2) is 34.6 Å². The van der Waals surface area contributed by atoms with Gasteiger partial charge in [-0.2, -0.15) is 53.4 Å². The Kier molecular flexibility index (Phi) is 4.84. The molecule has 0 spiro atoms. The molecule has 0 aliphatic carbocycles. The lowest BCUT2D eigenvalue weighted by Gasteiger charge is -2.34. The molecule has 1 rings (SSSR count). The molecule has 1 unspecified atom stereocenters. The van der Waals surface area contributed by atoms with Crippen molar-refractivity contribution in [2.75, 3.05) is 0 Å². The summed E-state index contributed by atoms with van der Waals surface area (Å²) in [6, 6.07) is 0. The van der Waals surface area contributed by atoms with Gasteiger partial charge in [-0.1, -0.05) is 11.6 Å². The first kappa shape index (κ1) is 20.7. The van der Waals surface area contributed by atoms with E-state index in [4.69, 9.17) is 11.6 Å². The number of H-pyrrole nitrogens is 1. The highest BCUT2D eigenvalue weighted by Crippen LogP contribution is 2.54. The number of hydrogen-bond donors (Lipinski definition) is 1. The van der Waals surface area contributed by atoms with Crippen LogP contribution in [0.3, 0.4) is 0 Å². The molecule has 1 aromatic rings. The summed E-state index contributed by atoms with van der Waals surface area (Å²) in [6.07, 6.45) is -20.5. The number of aromatic nitrogens is 2. The molecular formula is C9H4ClF11N2O. The number of aromatic amines is 1. The van der Waals surface area contributed by atoms with Crippen LogP contribution >= 0.6 is 11.6 Å². The van der Waals surface area contributed by atoms with E-state index in [1.165, 1.54) is 0 Å². The first-order chi connectivity index (χ1) is 10.4. The molecule has 0 radical (unpaired) electrons. The Morgan fingerprint density at radius 2 is 1.33 bits per heavy atom. The lowest BCUT2D eigenvalue weighted by atomic mass is 10.2. The molecule has 0 amide bonds. The van der Waals surface area contributed by atoms with Crippen LogP contribution in [0.5, 0.6) is 0 Å². The number of nitrogens with one attached hydrogen (secondary N) is 1. The molecule has 0 saturated carbocycles. The standard InChI is InChI=1S/C9H4ClF11N2O/c1-2-3(10)4(23-22-2)5(11,7(14,15)16)24-9(20,21)6(12,13)8(17,18)19/h1H3,(H,22,23). The van der Waals surface area contributed by atoms with Gasteiger partial charge in [0.15, 0.2) is 5.69 Å². The van der Waals surface area contributed by atoms with Gasteiger partial charge in [-0.15, -0.1) is 0 Å². The second-order valence-electron chi connectivity index (χ2n) is 4.30. The summed E-state index contributed by atoms with van der Waals surface area (Å²) in [5.74, 6) is -13.0. The first-order valence-corrected chi connectivity index (χ1v) is 5.75. The maximum Gasteiger partial charge on any atom is 0.462 e. The average molecular weight is 401 g/mol. The minimum absolute atomic E-state index is 0.521.